The second kappa shape index (κ2) is 6.62. The van der Waals surface area contributed by atoms with Gasteiger partial charge in [-0.3, -0.25) is 10.4 Å². The fraction of sp³-hybridized carbons (Fsp3) is 0.889. The van der Waals surface area contributed by atoms with Crippen molar-refractivity contribution >= 4 is 5.96 Å². The van der Waals surface area contributed by atoms with Gasteiger partial charge >= 0.3 is 0 Å². The van der Waals surface area contributed by atoms with Crippen molar-refractivity contribution in [3.8, 4) is 0 Å². The molecule has 0 aliphatic heterocycles. The van der Waals surface area contributed by atoms with Crippen molar-refractivity contribution in [2.45, 2.75) is 19.9 Å². The summed E-state index contributed by atoms with van der Waals surface area (Å²) in [6.07, 6.45) is 0. The molecular formula is C9H23N5. The zero-order valence-corrected chi connectivity index (χ0v) is 9.83. The van der Waals surface area contributed by atoms with Crippen LogP contribution in [0.4, 0.5) is 0 Å². The maximum Gasteiger partial charge on any atom is 0.205 e. The average molecular weight is 201 g/mol. The van der Waals surface area contributed by atoms with Crippen LogP contribution in [0.25, 0.3) is 0 Å². The Morgan fingerprint density at radius 1 is 1.43 bits per heavy atom. The molecule has 0 saturated carbocycles. The van der Waals surface area contributed by atoms with Crippen LogP contribution in [0.1, 0.15) is 13.8 Å². The molecule has 0 aromatic heterocycles. The minimum atomic E-state index is 0.347. The lowest BCUT2D eigenvalue weighted by molar-refractivity contribution is 0.311. The number of hydrogen-bond donors (Lipinski definition) is 3. The third-order valence-electron chi connectivity index (χ3n) is 2.05. The molecule has 4 N–H and O–H groups in total. The molecule has 0 aromatic rings. The second-order valence-corrected chi connectivity index (χ2v) is 3.97. The van der Waals surface area contributed by atoms with Gasteiger partial charge in [0.25, 0.3) is 0 Å². The fourth-order valence-electron chi connectivity index (χ4n) is 1.16. The molecule has 5 heteroatoms. The maximum atomic E-state index is 5.31. The largest absolute Gasteiger partial charge is 0.351 e. The van der Waals surface area contributed by atoms with Crippen molar-refractivity contribution in [1.82, 2.24) is 15.6 Å². The first-order valence-corrected chi connectivity index (χ1v) is 4.86. The van der Waals surface area contributed by atoms with Crippen LogP contribution in [0.15, 0.2) is 4.99 Å². The molecule has 14 heavy (non-hydrogen) atoms. The lowest BCUT2D eigenvalue weighted by Gasteiger charge is -2.26. The first-order chi connectivity index (χ1) is 6.51. The predicted molar refractivity (Wildman–Crippen MR) is 61.0 cm³/mol. The number of hydrogen-bond acceptors (Lipinski definition) is 3. The van der Waals surface area contributed by atoms with Crippen LogP contribution in [0.3, 0.4) is 0 Å². The SMILES string of the molecule is CN=C(NN)NC(CN(C)C)C(C)C. The van der Waals surface area contributed by atoms with Gasteiger partial charge in [-0.15, -0.1) is 0 Å². The fourth-order valence-corrected chi connectivity index (χ4v) is 1.16. The number of hydrazine groups is 1. The summed E-state index contributed by atoms with van der Waals surface area (Å²) in [7, 11) is 5.81. The molecule has 0 spiro atoms. The summed E-state index contributed by atoms with van der Waals surface area (Å²) >= 11 is 0. The van der Waals surface area contributed by atoms with E-state index < -0.39 is 0 Å². The van der Waals surface area contributed by atoms with Crippen LogP contribution in [0.5, 0.6) is 0 Å². The Morgan fingerprint density at radius 3 is 2.29 bits per heavy atom. The van der Waals surface area contributed by atoms with Gasteiger partial charge in [-0.1, -0.05) is 13.8 Å². The maximum absolute atomic E-state index is 5.31. The highest BCUT2D eigenvalue weighted by molar-refractivity contribution is 5.79. The molecule has 0 heterocycles. The monoisotopic (exact) mass is 201 g/mol. The number of nitrogens with zero attached hydrogens (tertiary/aromatic N) is 2. The Labute approximate surface area is 86.7 Å². The number of nitrogens with one attached hydrogen (secondary N) is 2. The molecule has 0 aromatic carbocycles. The number of guanidine groups is 1. The third kappa shape index (κ3) is 5.04. The zero-order valence-electron chi connectivity index (χ0n) is 9.83. The van der Waals surface area contributed by atoms with Crippen LogP contribution in [0.2, 0.25) is 0 Å². The van der Waals surface area contributed by atoms with Gasteiger partial charge in [-0.05, 0) is 20.0 Å². The molecule has 0 radical (unpaired) electrons. The van der Waals surface area contributed by atoms with Crippen molar-refractivity contribution in [2.75, 3.05) is 27.7 Å². The summed E-state index contributed by atoms with van der Waals surface area (Å²) in [5.74, 6) is 6.47. The molecule has 0 aliphatic carbocycles. The minimum absolute atomic E-state index is 0.347. The predicted octanol–water partition coefficient (Wildman–Crippen LogP) is -0.389. The standard InChI is InChI=1S/C9H23N5/c1-7(2)8(6-14(4)5)12-9(11-3)13-10/h7-8H,6,10H2,1-5H3,(H2,11,12,13). The van der Waals surface area contributed by atoms with Crippen molar-refractivity contribution in [3.05, 3.63) is 0 Å². The smallest absolute Gasteiger partial charge is 0.205 e. The van der Waals surface area contributed by atoms with E-state index in [4.69, 9.17) is 5.84 Å². The third-order valence-corrected chi connectivity index (χ3v) is 2.05. The van der Waals surface area contributed by atoms with Gasteiger partial charge in [-0.25, -0.2) is 5.84 Å². The van der Waals surface area contributed by atoms with Crippen molar-refractivity contribution in [1.29, 1.82) is 0 Å². The van der Waals surface area contributed by atoms with E-state index >= 15 is 0 Å². The zero-order chi connectivity index (χ0) is 11.1. The normalized spacial score (nSPS) is 14.7. The van der Waals surface area contributed by atoms with Crippen molar-refractivity contribution in [3.63, 3.8) is 0 Å². The van der Waals surface area contributed by atoms with Gasteiger partial charge in [0.05, 0.1) is 0 Å². The molecule has 0 rings (SSSR count). The minimum Gasteiger partial charge on any atom is -0.351 e. The second-order valence-electron chi connectivity index (χ2n) is 3.97. The summed E-state index contributed by atoms with van der Waals surface area (Å²) in [5.41, 5.74) is 2.53. The van der Waals surface area contributed by atoms with Gasteiger partial charge in [0.15, 0.2) is 0 Å². The van der Waals surface area contributed by atoms with E-state index in [1.165, 1.54) is 0 Å². The molecule has 0 saturated heterocycles. The number of likely N-dealkylation sites (N-methyl/N-ethyl adjacent to an activating group) is 1. The van der Waals surface area contributed by atoms with E-state index in [2.05, 4.69) is 48.6 Å². The Kier molecular flexibility index (Phi) is 6.23. The quantitative estimate of drug-likeness (QED) is 0.251. The van der Waals surface area contributed by atoms with Crippen molar-refractivity contribution < 1.29 is 0 Å². The molecule has 1 atom stereocenters. The Morgan fingerprint density at radius 2 is 2.00 bits per heavy atom. The van der Waals surface area contributed by atoms with E-state index in [1.807, 2.05) is 0 Å². The highest BCUT2D eigenvalue weighted by Crippen LogP contribution is 2.02. The summed E-state index contributed by atoms with van der Waals surface area (Å²) < 4.78 is 0. The van der Waals surface area contributed by atoms with E-state index in [0.29, 0.717) is 17.9 Å². The van der Waals surface area contributed by atoms with Gasteiger partial charge < -0.3 is 10.2 Å². The van der Waals surface area contributed by atoms with Crippen LogP contribution in [-0.4, -0.2) is 44.6 Å². The molecular weight excluding hydrogens is 178 g/mol. The Hall–Kier alpha value is -0.810. The Balaban J connectivity index is 4.22. The number of rotatable bonds is 4. The molecule has 0 aliphatic rings. The lowest BCUT2D eigenvalue weighted by atomic mass is 10.0. The van der Waals surface area contributed by atoms with E-state index in [9.17, 15) is 0 Å². The van der Waals surface area contributed by atoms with E-state index in [0.717, 1.165) is 6.54 Å². The first-order valence-electron chi connectivity index (χ1n) is 4.86. The van der Waals surface area contributed by atoms with E-state index in [1.54, 1.807) is 7.05 Å². The van der Waals surface area contributed by atoms with Crippen LogP contribution < -0.4 is 16.6 Å². The molecule has 5 nitrogen and oxygen atoms in total. The van der Waals surface area contributed by atoms with Gasteiger partial charge in [-0.2, -0.15) is 0 Å². The highest BCUT2D eigenvalue weighted by Gasteiger charge is 2.14. The summed E-state index contributed by atoms with van der Waals surface area (Å²) in [5, 5.41) is 3.26. The summed E-state index contributed by atoms with van der Waals surface area (Å²) in [6, 6.07) is 0.347. The topological polar surface area (TPSA) is 65.7 Å². The van der Waals surface area contributed by atoms with Gasteiger partial charge in [0.1, 0.15) is 0 Å². The molecule has 84 valence electrons. The molecule has 0 bridgehead atoms. The highest BCUT2D eigenvalue weighted by atomic mass is 15.3. The Bertz CT molecular complexity index is 176. The molecule has 0 amide bonds. The number of nitrogens with two attached hydrogens (primary N) is 1. The summed E-state index contributed by atoms with van der Waals surface area (Å²) in [4.78, 5) is 6.13. The van der Waals surface area contributed by atoms with Crippen LogP contribution >= 0.6 is 0 Å². The molecule has 0 fully saturated rings. The van der Waals surface area contributed by atoms with Gasteiger partial charge in [0, 0.05) is 19.6 Å². The van der Waals surface area contributed by atoms with E-state index in [-0.39, 0.29) is 0 Å². The molecule has 1 unspecified atom stereocenters. The lowest BCUT2D eigenvalue weighted by Crippen LogP contribution is -2.51. The van der Waals surface area contributed by atoms with Gasteiger partial charge in [0.2, 0.25) is 5.96 Å². The van der Waals surface area contributed by atoms with Crippen LogP contribution in [0, 0.1) is 5.92 Å². The first kappa shape index (κ1) is 13.2. The van der Waals surface area contributed by atoms with Crippen LogP contribution in [-0.2, 0) is 0 Å². The van der Waals surface area contributed by atoms with Crippen molar-refractivity contribution in [2.24, 2.45) is 16.8 Å². The average Bonchev–Trinajstić information content (AvgIpc) is 2.11. The summed E-state index contributed by atoms with van der Waals surface area (Å²) in [6.45, 7) is 5.30. The number of aliphatic imine (C=N–C) groups is 1.